The zero-order valence-electron chi connectivity index (χ0n) is 10.9. The van der Waals surface area contributed by atoms with Crippen LogP contribution in [0.5, 0.6) is 0 Å². The second kappa shape index (κ2) is 6.44. The van der Waals surface area contributed by atoms with Gasteiger partial charge in [-0.25, -0.2) is 8.78 Å². The summed E-state index contributed by atoms with van der Waals surface area (Å²) in [6.45, 7) is 0. The van der Waals surface area contributed by atoms with E-state index in [1.54, 1.807) is 0 Å². The normalized spacial score (nSPS) is 20.2. The second-order valence-electron chi connectivity index (χ2n) is 5.36. The minimum Gasteiger partial charge on any atom is -0.390 e. The van der Waals surface area contributed by atoms with Crippen molar-refractivity contribution in [1.29, 1.82) is 0 Å². The van der Waals surface area contributed by atoms with Gasteiger partial charge in [0.15, 0.2) is 0 Å². The molecule has 1 aromatic rings. The first-order chi connectivity index (χ1) is 9.09. The van der Waals surface area contributed by atoms with Crippen LogP contribution in [0.15, 0.2) is 18.2 Å². The Morgan fingerprint density at radius 3 is 2.21 bits per heavy atom. The lowest BCUT2D eigenvalue weighted by molar-refractivity contribution is -0.0270. The SMILES string of the molecule is OC(Cc1c(F)cccc1F)C(O)C1CCCCC1. The van der Waals surface area contributed by atoms with Crippen molar-refractivity contribution in [2.45, 2.75) is 50.7 Å². The van der Waals surface area contributed by atoms with Gasteiger partial charge in [0.2, 0.25) is 0 Å². The third-order valence-electron chi connectivity index (χ3n) is 4.00. The monoisotopic (exact) mass is 270 g/mol. The van der Waals surface area contributed by atoms with Crippen molar-refractivity contribution in [3.8, 4) is 0 Å². The zero-order valence-corrected chi connectivity index (χ0v) is 10.9. The van der Waals surface area contributed by atoms with Crippen molar-refractivity contribution in [1.82, 2.24) is 0 Å². The van der Waals surface area contributed by atoms with Gasteiger partial charge in [-0.3, -0.25) is 0 Å². The van der Waals surface area contributed by atoms with Crippen LogP contribution in [0, 0.1) is 17.6 Å². The largest absolute Gasteiger partial charge is 0.390 e. The number of hydrogen-bond acceptors (Lipinski definition) is 2. The van der Waals surface area contributed by atoms with Gasteiger partial charge < -0.3 is 10.2 Å². The summed E-state index contributed by atoms with van der Waals surface area (Å²) in [5, 5.41) is 20.1. The third-order valence-corrected chi connectivity index (χ3v) is 4.00. The summed E-state index contributed by atoms with van der Waals surface area (Å²) in [7, 11) is 0. The van der Waals surface area contributed by atoms with E-state index in [1.807, 2.05) is 0 Å². The fourth-order valence-electron chi connectivity index (χ4n) is 2.85. The second-order valence-corrected chi connectivity index (χ2v) is 5.36. The molecule has 0 aliphatic heterocycles. The molecule has 106 valence electrons. The van der Waals surface area contributed by atoms with Crippen molar-refractivity contribution >= 4 is 0 Å². The Morgan fingerprint density at radius 1 is 1.05 bits per heavy atom. The van der Waals surface area contributed by atoms with E-state index in [9.17, 15) is 19.0 Å². The summed E-state index contributed by atoms with van der Waals surface area (Å²) in [4.78, 5) is 0. The standard InChI is InChI=1S/C15H20F2O2/c16-12-7-4-8-13(17)11(12)9-14(18)15(19)10-5-2-1-3-6-10/h4,7-8,10,14-15,18-19H,1-3,5-6,9H2. The van der Waals surface area contributed by atoms with Crippen LogP contribution in [0.2, 0.25) is 0 Å². The lowest BCUT2D eigenvalue weighted by atomic mass is 9.82. The predicted octanol–water partition coefficient (Wildman–Crippen LogP) is 2.81. The van der Waals surface area contributed by atoms with Crippen molar-refractivity contribution < 1.29 is 19.0 Å². The fourth-order valence-corrected chi connectivity index (χ4v) is 2.85. The number of rotatable bonds is 4. The molecule has 0 bridgehead atoms. The molecule has 0 radical (unpaired) electrons. The summed E-state index contributed by atoms with van der Waals surface area (Å²) in [6.07, 6.45) is 2.78. The maximum atomic E-state index is 13.5. The van der Waals surface area contributed by atoms with E-state index in [-0.39, 0.29) is 17.9 Å². The van der Waals surface area contributed by atoms with Crippen LogP contribution in [-0.4, -0.2) is 22.4 Å². The van der Waals surface area contributed by atoms with Gasteiger partial charge in [0.25, 0.3) is 0 Å². The van der Waals surface area contributed by atoms with Crippen molar-refractivity contribution in [2.75, 3.05) is 0 Å². The Bertz CT molecular complexity index is 396. The summed E-state index contributed by atoms with van der Waals surface area (Å²) in [6, 6.07) is 3.62. The van der Waals surface area contributed by atoms with Gasteiger partial charge in [0.05, 0.1) is 12.2 Å². The van der Waals surface area contributed by atoms with Gasteiger partial charge in [-0.05, 0) is 30.9 Å². The van der Waals surface area contributed by atoms with Crippen molar-refractivity contribution in [2.24, 2.45) is 5.92 Å². The molecule has 1 aliphatic carbocycles. The van der Waals surface area contributed by atoms with E-state index in [1.165, 1.54) is 6.07 Å². The highest BCUT2D eigenvalue weighted by molar-refractivity contribution is 5.20. The summed E-state index contributed by atoms with van der Waals surface area (Å²) < 4.78 is 27.0. The quantitative estimate of drug-likeness (QED) is 0.883. The molecule has 1 aromatic carbocycles. The number of aliphatic hydroxyl groups excluding tert-OH is 2. The lowest BCUT2D eigenvalue weighted by Crippen LogP contribution is -2.36. The molecule has 1 aliphatic rings. The summed E-state index contributed by atoms with van der Waals surface area (Å²) in [5.74, 6) is -1.30. The van der Waals surface area contributed by atoms with Gasteiger partial charge in [-0.15, -0.1) is 0 Å². The molecule has 1 fully saturated rings. The predicted molar refractivity (Wildman–Crippen MR) is 68.7 cm³/mol. The molecular formula is C15H20F2O2. The van der Waals surface area contributed by atoms with Crippen LogP contribution in [-0.2, 0) is 6.42 Å². The van der Waals surface area contributed by atoms with Gasteiger partial charge in [-0.1, -0.05) is 25.3 Å². The molecule has 2 nitrogen and oxygen atoms in total. The van der Waals surface area contributed by atoms with Crippen LogP contribution in [0.25, 0.3) is 0 Å². The number of benzene rings is 1. The Labute approximate surface area is 112 Å². The van der Waals surface area contributed by atoms with Crippen LogP contribution in [0.1, 0.15) is 37.7 Å². The first kappa shape index (κ1) is 14.4. The van der Waals surface area contributed by atoms with Gasteiger partial charge in [0, 0.05) is 12.0 Å². The lowest BCUT2D eigenvalue weighted by Gasteiger charge is -2.29. The molecule has 2 N–H and O–H groups in total. The molecule has 1 saturated carbocycles. The van der Waals surface area contributed by atoms with E-state index < -0.39 is 23.8 Å². The Morgan fingerprint density at radius 2 is 1.63 bits per heavy atom. The minimum atomic E-state index is -1.12. The average Bonchev–Trinajstić information content (AvgIpc) is 2.43. The van der Waals surface area contributed by atoms with Gasteiger partial charge in [0.1, 0.15) is 11.6 Å². The van der Waals surface area contributed by atoms with E-state index >= 15 is 0 Å². The molecule has 0 saturated heterocycles. The van der Waals surface area contributed by atoms with E-state index in [4.69, 9.17) is 0 Å². The van der Waals surface area contributed by atoms with E-state index in [2.05, 4.69) is 0 Å². The Balaban J connectivity index is 2.01. The highest BCUT2D eigenvalue weighted by atomic mass is 19.1. The molecule has 19 heavy (non-hydrogen) atoms. The van der Waals surface area contributed by atoms with Crippen LogP contribution in [0.4, 0.5) is 8.78 Å². The topological polar surface area (TPSA) is 40.5 Å². The molecule has 0 amide bonds. The highest BCUT2D eigenvalue weighted by Gasteiger charge is 2.28. The molecule has 2 rings (SSSR count). The minimum absolute atomic E-state index is 0.0404. The number of hydrogen-bond donors (Lipinski definition) is 2. The Kier molecular flexibility index (Phi) is 4.88. The van der Waals surface area contributed by atoms with Crippen molar-refractivity contribution in [3.05, 3.63) is 35.4 Å². The van der Waals surface area contributed by atoms with Crippen molar-refractivity contribution in [3.63, 3.8) is 0 Å². The maximum Gasteiger partial charge on any atom is 0.129 e. The molecule has 0 spiro atoms. The average molecular weight is 270 g/mol. The van der Waals surface area contributed by atoms with E-state index in [0.29, 0.717) is 0 Å². The fraction of sp³-hybridized carbons (Fsp3) is 0.600. The molecule has 4 heteroatoms. The first-order valence-corrected chi connectivity index (χ1v) is 6.88. The molecule has 0 heterocycles. The molecule has 2 atom stereocenters. The van der Waals surface area contributed by atoms with Crippen LogP contribution in [0.3, 0.4) is 0 Å². The smallest absolute Gasteiger partial charge is 0.129 e. The highest BCUT2D eigenvalue weighted by Crippen LogP contribution is 2.29. The van der Waals surface area contributed by atoms with E-state index in [0.717, 1.165) is 44.2 Å². The maximum absolute atomic E-state index is 13.5. The molecule has 2 unspecified atom stereocenters. The Hall–Kier alpha value is -1.00. The summed E-state index contributed by atoms with van der Waals surface area (Å²) in [5.41, 5.74) is -0.148. The third kappa shape index (κ3) is 3.51. The first-order valence-electron chi connectivity index (χ1n) is 6.88. The van der Waals surface area contributed by atoms with Crippen LogP contribution < -0.4 is 0 Å². The summed E-state index contributed by atoms with van der Waals surface area (Å²) >= 11 is 0. The molecular weight excluding hydrogens is 250 g/mol. The van der Waals surface area contributed by atoms with Crippen LogP contribution >= 0.6 is 0 Å². The number of aliphatic hydroxyl groups is 2. The number of halogens is 2. The zero-order chi connectivity index (χ0) is 13.8. The van der Waals surface area contributed by atoms with Gasteiger partial charge >= 0.3 is 0 Å². The van der Waals surface area contributed by atoms with Gasteiger partial charge in [-0.2, -0.15) is 0 Å². The molecule has 0 aromatic heterocycles.